The second-order valence-corrected chi connectivity index (χ2v) is 4.74. The van der Waals surface area contributed by atoms with E-state index in [2.05, 4.69) is 10.3 Å². The number of nitrogens with one attached hydrogen (secondary N) is 1. The van der Waals surface area contributed by atoms with Gasteiger partial charge in [-0.05, 0) is 37.9 Å². The van der Waals surface area contributed by atoms with E-state index in [4.69, 9.17) is 16.7 Å². The van der Waals surface area contributed by atoms with Gasteiger partial charge in [0, 0.05) is 25.5 Å². The van der Waals surface area contributed by atoms with Gasteiger partial charge in [-0.25, -0.2) is 4.98 Å². The molecule has 0 aliphatic heterocycles. The van der Waals surface area contributed by atoms with Crippen molar-refractivity contribution in [3.05, 3.63) is 35.2 Å². The number of rotatable bonds is 7. The average molecular weight is 268 g/mol. The molecule has 98 valence electrons. The fourth-order valence-corrected chi connectivity index (χ4v) is 2.03. The molecule has 0 spiro atoms. The first-order valence-electron chi connectivity index (χ1n) is 6.24. The summed E-state index contributed by atoms with van der Waals surface area (Å²) < 4.78 is 1.94. The molecule has 5 heteroatoms. The van der Waals surface area contributed by atoms with E-state index in [0.29, 0.717) is 5.02 Å². The number of aromatic nitrogens is 2. The molecule has 0 saturated heterocycles. The van der Waals surface area contributed by atoms with Gasteiger partial charge in [-0.1, -0.05) is 11.6 Å². The maximum atomic E-state index is 8.66. The second kappa shape index (κ2) is 6.73. The SMILES string of the molecule is OCCCCCNCc1cn2cc(Cl)ccc2n1. The lowest BCUT2D eigenvalue weighted by atomic mass is 10.2. The highest BCUT2D eigenvalue weighted by molar-refractivity contribution is 6.30. The van der Waals surface area contributed by atoms with Crippen LogP contribution in [-0.4, -0.2) is 27.6 Å². The van der Waals surface area contributed by atoms with Gasteiger partial charge in [-0.3, -0.25) is 0 Å². The molecular formula is C13H18ClN3O. The summed E-state index contributed by atoms with van der Waals surface area (Å²) in [5, 5.41) is 12.7. The molecular weight excluding hydrogens is 250 g/mol. The third-order valence-corrected chi connectivity index (χ3v) is 3.01. The molecule has 0 radical (unpaired) electrons. The summed E-state index contributed by atoms with van der Waals surface area (Å²) in [6, 6.07) is 3.75. The van der Waals surface area contributed by atoms with Crippen LogP contribution in [0.2, 0.25) is 5.02 Å². The van der Waals surface area contributed by atoms with Gasteiger partial charge >= 0.3 is 0 Å². The van der Waals surface area contributed by atoms with E-state index < -0.39 is 0 Å². The van der Waals surface area contributed by atoms with Crippen LogP contribution in [0.5, 0.6) is 0 Å². The zero-order chi connectivity index (χ0) is 12.8. The normalized spacial score (nSPS) is 11.2. The predicted octanol–water partition coefficient (Wildman–Crippen LogP) is 2.24. The van der Waals surface area contributed by atoms with Crippen LogP contribution in [0.4, 0.5) is 0 Å². The monoisotopic (exact) mass is 267 g/mol. The third kappa shape index (κ3) is 3.70. The van der Waals surface area contributed by atoms with Crippen molar-refractivity contribution < 1.29 is 5.11 Å². The minimum Gasteiger partial charge on any atom is -0.396 e. The fourth-order valence-electron chi connectivity index (χ4n) is 1.86. The number of unbranched alkanes of at least 4 members (excludes halogenated alkanes) is 2. The molecule has 0 unspecified atom stereocenters. The molecule has 0 fully saturated rings. The number of aliphatic hydroxyl groups excluding tert-OH is 1. The lowest BCUT2D eigenvalue weighted by molar-refractivity contribution is 0.283. The van der Waals surface area contributed by atoms with Gasteiger partial charge in [0.25, 0.3) is 0 Å². The van der Waals surface area contributed by atoms with Gasteiger partial charge in [0.2, 0.25) is 0 Å². The molecule has 0 aromatic carbocycles. The molecule has 0 aliphatic rings. The van der Waals surface area contributed by atoms with E-state index in [9.17, 15) is 0 Å². The number of imidazole rings is 1. The minimum absolute atomic E-state index is 0.285. The van der Waals surface area contributed by atoms with Crippen molar-refractivity contribution in [3.63, 3.8) is 0 Å². The molecule has 18 heavy (non-hydrogen) atoms. The Morgan fingerprint density at radius 1 is 1.22 bits per heavy atom. The number of hydrogen-bond donors (Lipinski definition) is 2. The lowest BCUT2D eigenvalue weighted by Crippen LogP contribution is -2.14. The van der Waals surface area contributed by atoms with Crippen molar-refractivity contribution in [2.45, 2.75) is 25.8 Å². The van der Waals surface area contributed by atoms with Gasteiger partial charge < -0.3 is 14.8 Å². The van der Waals surface area contributed by atoms with Crippen molar-refractivity contribution in [3.8, 4) is 0 Å². The molecule has 2 rings (SSSR count). The topological polar surface area (TPSA) is 49.6 Å². The van der Waals surface area contributed by atoms with E-state index in [0.717, 1.165) is 43.7 Å². The van der Waals surface area contributed by atoms with Crippen LogP contribution >= 0.6 is 11.6 Å². The first-order chi connectivity index (χ1) is 8.79. The number of halogens is 1. The minimum atomic E-state index is 0.285. The van der Waals surface area contributed by atoms with E-state index in [-0.39, 0.29) is 6.61 Å². The molecule has 0 bridgehead atoms. The maximum Gasteiger partial charge on any atom is 0.137 e. The highest BCUT2D eigenvalue weighted by atomic mass is 35.5. The Balaban J connectivity index is 1.81. The van der Waals surface area contributed by atoms with Crippen molar-refractivity contribution in [1.82, 2.24) is 14.7 Å². The van der Waals surface area contributed by atoms with Crippen LogP contribution in [0, 0.1) is 0 Å². The average Bonchev–Trinajstić information content (AvgIpc) is 2.75. The zero-order valence-corrected chi connectivity index (χ0v) is 11.0. The highest BCUT2D eigenvalue weighted by Gasteiger charge is 2.01. The summed E-state index contributed by atoms with van der Waals surface area (Å²) >= 11 is 5.92. The van der Waals surface area contributed by atoms with E-state index >= 15 is 0 Å². The largest absolute Gasteiger partial charge is 0.396 e. The molecule has 2 aromatic heterocycles. The summed E-state index contributed by atoms with van der Waals surface area (Å²) in [6.07, 6.45) is 6.87. The molecule has 0 atom stereocenters. The van der Waals surface area contributed by atoms with Gasteiger partial charge in [0.05, 0.1) is 10.7 Å². The van der Waals surface area contributed by atoms with E-state index in [1.54, 1.807) is 0 Å². The quantitative estimate of drug-likeness (QED) is 0.757. The summed E-state index contributed by atoms with van der Waals surface area (Å²) in [5.74, 6) is 0. The number of nitrogens with zero attached hydrogens (tertiary/aromatic N) is 2. The summed E-state index contributed by atoms with van der Waals surface area (Å²) in [6.45, 7) is 2.00. The standard InChI is InChI=1S/C13H18ClN3O/c14-11-4-5-13-16-12(10-17(13)9-11)8-15-6-2-1-3-7-18/h4-5,9-10,15,18H,1-3,6-8H2. The number of pyridine rings is 1. The molecule has 0 amide bonds. The smallest absolute Gasteiger partial charge is 0.137 e. The Morgan fingerprint density at radius 2 is 2.11 bits per heavy atom. The van der Waals surface area contributed by atoms with Crippen molar-refractivity contribution >= 4 is 17.2 Å². The molecule has 2 N–H and O–H groups in total. The predicted molar refractivity (Wildman–Crippen MR) is 72.8 cm³/mol. The first-order valence-corrected chi connectivity index (χ1v) is 6.62. The molecule has 2 heterocycles. The van der Waals surface area contributed by atoms with Crippen molar-refractivity contribution in [1.29, 1.82) is 0 Å². The Hall–Kier alpha value is -1.10. The van der Waals surface area contributed by atoms with Gasteiger partial charge in [-0.15, -0.1) is 0 Å². The fraction of sp³-hybridized carbons (Fsp3) is 0.462. The number of hydrogen-bond acceptors (Lipinski definition) is 3. The summed E-state index contributed by atoms with van der Waals surface area (Å²) in [5.41, 5.74) is 1.93. The molecule has 4 nitrogen and oxygen atoms in total. The van der Waals surface area contributed by atoms with Gasteiger partial charge in [-0.2, -0.15) is 0 Å². The van der Waals surface area contributed by atoms with Gasteiger partial charge in [0.15, 0.2) is 0 Å². The first kappa shape index (κ1) is 13.3. The number of aliphatic hydroxyl groups is 1. The maximum absolute atomic E-state index is 8.66. The molecule has 0 aliphatic carbocycles. The van der Waals surface area contributed by atoms with E-state index in [1.807, 2.05) is 28.9 Å². The van der Waals surface area contributed by atoms with Crippen LogP contribution < -0.4 is 5.32 Å². The number of fused-ring (bicyclic) bond motifs is 1. The van der Waals surface area contributed by atoms with Crippen LogP contribution in [-0.2, 0) is 6.54 Å². The Labute approximate surface area is 112 Å². The zero-order valence-electron chi connectivity index (χ0n) is 10.3. The second-order valence-electron chi connectivity index (χ2n) is 4.31. The molecule has 0 saturated carbocycles. The van der Waals surface area contributed by atoms with Crippen LogP contribution in [0.15, 0.2) is 24.5 Å². The third-order valence-electron chi connectivity index (χ3n) is 2.78. The van der Waals surface area contributed by atoms with Crippen LogP contribution in [0.25, 0.3) is 5.65 Å². The Bertz CT molecular complexity index is 498. The highest BCUT2D eigenvalue weighted by Crippen LogP contribution is 2.11. The van der Waals surface area contributed by atoms with Crippen LogP contribution in [0.3, 0.4) is 0 Å². The lowest BCUT2D eigenvalue weighted by Gasteiger charge is -2.01. The van der Waals surface area contributed by atoms with Gasteiger partial charge in [0.1, 0.15) is 5.65 Å². The van der Waals surface area contributed by atoms with E-state index in [1.165, 1.54) is 0 Å². The summed E-state index contributed by atoms with van der Waals surface area (Å²) in [4.78, 5) is 4.49. The Morgan fingerprint density at radius 3 is 2.94 bits per heavy atom. The van der Waals surface area contributed by atoms with Crippen molar-refractivity contribution in [2.24, 2.45) is 0 Å². The van der Waals surface area contributed by atoms with Crippen molar-refractivity contribution in [2.75, 3.05) is 13.2 Å². The Kier molecular flexibility index (Phi) is 4.99. The summed E-state index contributed by atoms with van der Waals surface area (Å²) in [7, 11) is 0. The molecule has 2 aromatic rings. The van der Waals surface area contributed by atoms with Crippen LogP contribution in [0.1, 0.15) is 25.0 Å².